The molecule has 0 saturated heterocycles. The zero-order valence-electron chi connectivity index (χ0n) is 16.2. The highest BCUT2D eigenvalue weighted by Crippen LogP contribution is 2.28. The predicted molar refractivity (Wildman–Crippen MR) is 114 cm³/mol. The SMILES string of the molecule is Cc1cccc(C)c1CS(=O)(=O)N[C@@H](c1ccccc1)[C@@H](N)c1ccccc1. The second-order valence-electron chi connectivity index (χ2n) is 7.07. The van der Waals surface area contributed by atoms with Crippen molar-refractivity contribution in [3.8, 4) is 0 Å². The van der Waals surface area contributed by atoms with Crippen LogP contribution in [0, 0.1) is 13.8 Å². The van der Waals surface area contributed by atoms with E-state index < -0.39 is 22.1 Å². The fraction of sp³-hybridized carbons (Fsp3) is 0.217. The van der Waals surface area contributed by atoms with Crippen molar-refractivity contribution >= 4 is 10.0 Å². The number of benzene rings is 3. The molecule has 0 unspecified atom stereocenters. The van der Waals surface area contributed by atoms with Gasteiger partial charge < -0.3 is 5.73 Å². The highest BCUT2D eigenvalue weighted by Gasteiger charge is 2.27. The molecule has 28 heavy (non-hydrogen) atoms. The van der Waals surface area contributed by atoms with Gasteiger partial charge in [0.25, 0.3) is 0 Å². The van der Waals surface area contributed by atoms with Crippen LogP contribution in [0.15, 0.2) is 78.9 Å². The Labute approximate surface area is 167 Å². The summed E-state index contributed by atoms with van der Waals surface area (Å²) in [4.78, 5) is 0. The molecular weight excluding hydrogens is 368 g/mol. The maximum atomic E-state index is 13.1. The molecule has 0 spiro atoms. The van der Waals surface area contributed by atoms with Crippen LogP contribution in [0.4, 0.5) is 0 Å². The van der Waals surface area contributed by atoms with Crippen LogP contribution in [0.1, 0.15) is 39.9 Å². The summed E-state index contributed by atoms with van der Waals surface area (Å²) in [6, 6.07) is 23.8. The summed E-state index contributed by atoms with van der Waals surface area (Å²) in [7, 11) is -3.61. The summed E-state index contributed by atoms with van der Waals surface area (Å²) in [5.41, 5.74) is 11.0. The quantitative estimate of drug-likeness (QED) is 0.632. The van der Waals surface area contributed by atoms with Crippen LogP contribution in [0.5, 0.6) is 0 Å². The number of nitrogens with two attached hydrogens (primary N) is 1. The first-order valence-corrected chi connectivity index (χ1v) is 10.9. The fourth-order valence-corrected chi connectivity index (χ4v) is 4.97. The van der Waals surface area contributed by atoms with Crippen LogP contribution in [-0.2, 0) is 15.8 Å². The average Bonchev–Trinajstić information content (AvgIpc) is 2.70. The van der Waals surface area contributed by atoms with Gasteiger partial charge in [0, 0.05) is 0 Å². The zero-order chi connectivity index (χ0) is 20.1. The van der Waals surface area contributed by atoms with E-state index in [-0.39, 0.29) is 5.75 Å². The second-order valence-corrected chi connectivity index (χ2v) is 8.83. The first-order chi connectivity index (χ1) is 13.4. The van der Waals surface area contributed by atoms with E-state index in [1.54, 1.807) is 0 Å². The van der Waals surface area contributed by atoms with Crippen molar-refractivity contribution in [1.29, 1.82) is 0 Å². The Bertz CT molecular complexity index is 999. The number of rotatable bonds is 7. The molecule has 3 N–H and O–H groups in total. The van der Waals surface area contributed by atoms with Gasteiger partial charge in [0.2, 0.25) is 10.0 Å². The standard InChI is InChI=1S/C23H26N2O2S/c1-17-10-9-11-18(2)21(17)16-28(26,27)25-23(20-14-7-4-8-15-20)22(24)19-12-5-3-6-13-19/h3-15,22-23,25H,16,24H2,1-2H3/t22-,23-/m0/s1. The molecule has 3 rings (SSSR count). The van der Waals surface area contributed by atoms with Crippen LogP contribution >= 0.6 is 0 Å². The van der Waals surface area contributed by atoms with Gasteiger partial charge in [-0.25, -0.2) is 13.1 Å². The van der Waals surface area contributed by atoms with Crippen molar-refractivity contribution in [2.24, 2.45) is 5.73 Å². The van der Waals surface area contributed by atoms with Crippen molar-refractivity contribution in [3.63, 3.8) is 0 Å². The molecule has 0 aromatic heterocycles. The van der Waals surface area contributed by atoms with E-state index in [1.165, 1.54) is 0 Å². The topological polar surface area (TPSA) is 72.2 Å². The lowest BCUT2D eigenvalue weighted by atomic mass is 9.95. The van der Waals surface area contributed by atoms with Crippen molar-refractivity contribution < 1.29 is 8.42 Å². The van der Waals surface area contributed by atoms with Gasteiger partial charge in [-0.3, -0.25) is 0 Å². The smallest absolute Gasteiger partial charge is 0.216 e. The molecule has 0 aliphatic rings. The van der Waals surface area contributed by atoms with Crippen LogP contribution in [0.25, 0.3) is 0 Å². The van der Waals surface area contributed by atoms with Gasteiger partial charge in [-0.1, -0.05) is 78.9 Å². The van der Waals surface area contributed by atoms with E-state index >= 15 is 0 Å². The van der Waals surface area contributed by atoms with Gasteiger partial charge in [-0.2, -0.15) is 0 Å². The maximum absolute atomic E-state index is 13.1. The molecule has 0 fully saturated rings. The lowest BCUT2D eigenvalue weighted by Gasteiger charge is -2.26. The molecule has 2 atom stereocenters. The minimum atomic E-state index is -3.61. The summed E-state index contributed by atoms with van der Waals surface area (Å²) < 4.78 is 29.0. The largest absolute Gasteiger partial charge is 0.322 e. The molecule has 0 amide bonds. The molecule has 3 aromatic rings. The number of hydrogen-bond acceptors (Lipinski definition) is 3. The molecule has 0 aliphatic heterocycles. The summed E-state index contributed by atoms with van der Waals surface area (Å²) in [5, 5.41) is 0. The maximum Gasteiger partial charge on any atom is 0.216 e. The van der Waals surface area contributed by atoms with Gasteiger partial charge in [-0.15, -0.1) is 0 Å². The van der Waals surface area contributed by atoms with Crippen molar-refractivity contribution in [2.45, 2.75) is 31.7 Å². The van der Waals surface area contributed by atoms with Crippen LogP contribution in [-0.4, -0.2) is 8.42 Å². The molecule has 0 aliphatic carbocycles. The van der Waals surface area contributed by atoms with E-state index in [0.717, 1.165) is 27.8 Å². The minimum Gasteiger partial charge on any atom is -0.322 e. The number of nitrogens with one attached hydrogen (secondary N) is 1. The van der Waals surface area contributed by atoms with Crippen LogP contribution < -0.4 is 10.5 Å². The molecule has 0 bridgehead atoms. The second kappa shape index (κ2) is 8.69. The Hall–Kier alpha value is -2.47. The normalized spacial score (nSPS) is 13.8. The van der Waals surface area contributed by atoms with E-state index in [4.69, 9.17) is 5.73 Å². The fourth-order valence-electron chi connectivity index (χ4n) is 3.38. The Morgan fingerprint density at radius 1 is 0.786 bits per heavy atom. The molecule has 0 saturated carbocycles. The Morgan fingerprint density at radius 3 is 1.82 bits per heavy atom. The van der Waals surface area contributed by atoms with E-state index in [2.05, 4.69) is 4.72 Å². The van der Waals surface area contributed by atoms with Crippen molar-refractivity contribution in [2.75, 3.05) is 0 Å². The molecule has 0 radical (unpaired) electrons. The molecular formula is C23H26N2O2S. The lowest BCUT2D eigenvalue weighted by Crippen LogP contribution is -2.36. The van der Waals surface area contributed by atoms with Gasteiger partial charge in [-0.05, 0) is 41.7 Å². The summed E-state index contributed by atoms with van der Waals surface area (Å²) >= 11 is 0. The Morgan fingerprint density at radius 2 is 1.29 bits per heavy atom. The summed E-state index contributed by atoms with van der Waals surface area (Å²) in [6.45, 7) is 3.87. The lowest BCUT2D eigenvalue weighted by molar-refractivity contribution is 0.503. The summed E-state index contributed by atoms with van der Waals surface area (Å²) in [5.74, 6) is -0.0731. The average molecular weight is 395 g/mol. The first kappa shape index (κ1) is 20.3. The van der Waals surface area contributed by atoms with Gasteiger partial charge >= 0.3 is 0 Å². The molecule has 5 heteroatoms. The molecule has 146 valence electrons. The van der Waals surface area contributed by atoms with Crippen LogP contribution in [0.3, 0.4) is 0 Å². The van der Waals surface area contributed by atoms with Crippen molar-refractivity contribution in [1.82, 2.24) is 4.72 Å². The first-order valence-electron chi connectivity index (χ1n) is 9.28. The molecule has 0 heterocycles. The summed E-state index contributed by atoms with van der Waals surface area (Å²) in [6.07, 6.45) is 0. The molecule has 4 nitrogen and oxygen atoms in total. The number of sulfonamides is 1. The monoisotopic (exact) mass is 394 g/mol. The Balaban J connectivity index is 1.93. The zero-order valence-corrected chi connectivity index (χ0v) is 17.0. The van der Waals surface area contributed by atoms with Gasteiger partial charge in [0.15, 0.2) is 0 Å². The predicted octanol–water partition coefficient (Wildman–Crippen LogP) is 4.16. The molecule has 3 aromatic carbocycles. The van der Waals surface area contributed by atoms with E-state index in [1.807, 2.05) is 92.7 Å². The third-order valence-corrected chi connectivity index (χ3v) is 6.27. The third-order valence-electron chi connectivity index (χ3n) is 4.99. The van der Waals surface area contributed by atoms with Gasteiger partial charge in [0.05, 0.1) is 17.8 Å². The van der Waals surface area contributed by atoms with E-state index in [0.29, 0.717) is 0 Å². The van der Waals surface area contributed by atoms with Crippen LogP contribution in [0.2, 0.25) is 0 Å². The Kier molecular flexibility index (Phi) is 6.29. The minimum absolute atomic E-state index is 0.0731. The van der Waals surface area contributed by atoms with Crippen molar-refractivity contribution in [3.05, 3.63) is 107 Å². The third kappa shape index (κ3) is 4.87. The highest BCUT2D eigenvalue weighted by molar-refractivity contribution is 7.88. The number of aryl methyl sites for hydroxylation is 2. The number of hydrogen-bond donors (Lipinski definition) is 2. The highest BCUT2D eigenvalue weighted by atomic mass is 32.2. The van der Waals surface area contributed by atoms with E-state index in [9.17, 15) is 8.42 Å². The van der Waals surface area contributed by atoms with Gasteiger partial charge in [0.1, 0.15) is 0 Å².